The van der Waals surface area contributed by atoms with Crippen LogP contribution in [-0.2, 0) is 6.42 Å². The molecular weight excluding hydrogens is 382 g/mol. The Morgan fingerprint density at radius 2 is 1.80 bits per heavy atom. The number of rotatable bonds is 4. The number of hydrogen-bond acceptors (Lipinski definition) is 8. The lowest BCUT2D eigenvalue weighted by Gasteiger charge is -2.35. The summed E-state index contributed by atoms with van der Waals surface area (Å²) in [6.45, 7) is 5.35. The Balaban J connectivity index is 1.28. The van der Waals surface area contributed by atoms with Crippen LogP contribution in [0.15, 0.2) is 47.7 Å². The fourth-order valence-electron chi connectivity index (χ4n) is 3.59. The molecule has 0 amide bonds. The minimum Gasteiger partial charge on any atom is -0.353 e. The van der Waals surface area contributed by atoms with Crippen LogP contribution in [0.4, 0.5) is 11.6 Å². The summed E-state index contributed by atoms with van der Waals surface area (Å²) < 4.78 is 1.69. The van der Waals surface area contributed by atoms with Crippen LogP contribution in [0.25, 0.3) is 17.0 Å². The van der Waals surface area contributed by atoms with Crippen LogP contribution in [0.5, 0.6) is 0 Å². The van der Waals surface area contributed by atoms with E-state index in [9.17, 15) is 4.79 Å². The normalized spacial score (nSPS) is 14.4. The molecule has 152 valence electrons. The zero-order valence-corrected chi connectivity index (χ0v) is 16.6. The fourth-order valence-corrected chi connectivity index (χ4v) is 3.59. The molecule has 1 saturated heterocycles. The summed E-state index contributed by atoms with van der Waals surface area (Å²) in [6.07, 6.45) is 4.09. The van der Waals surface area contributed by atoms with Crippen molar-refractivity contribution in [1.29, 1.82) is 0 Å². The molecule has 1 fully saturated rings. The first-order valence-corrected chi connectivity index (χ1v) is 9.93. The topological polar surface area (TPSA) is 108 Å². The van der Waals surface area contributed by atoms with Crippen LogP contribution in [0.3, 0.4) is 0 Å². The number of aryl methyl sites for hydroxylation is 1. The van der Waals surface area contributed by atoms with Gasteiger partial charge in [0.2, 0.25) is 0 Å². The largest absolute Gasteiger partial charge is 0.353 e. The number of aromatic amines is 1. The Labute approximate surface area is 172 Å². The van der Waals surface area contributed by atoms with Crippen molar-refractivity contribution >= 4 is 17.3 Å². The van der Waals surface area contributed by atoms with Crippen LogP contribution in [0.1, 0.15) is 12.6 Å². The molecule has 0 unspecified atom stereocenters. The number of nitrogens with one attached hydrogen (secondary N) is 1. The number of H-pyrrole nitrogens is 1. The molecule has 1 N–H and O–H groups in total. The Hall–Kier alpha value is -3.82. The number of aromatic nitrogens is 7. The lowest BCUT2D eigenvalue weighted by Crippen LogP contribution is -2.47. The van der Waals surface area contributed by atoms with Crippen molar-refractivity contribution in [2.75, 3.05) is 36.0 Å². The number of pyridine rings is 1. The van der Waals surface area contributed by atoms with Crippen LogP contribution >= 0.6 is 0 Å². The quantitative estimate of drug-likeness (QED) is 0.541. The van der Waals surface area contributed by atoms with Gasteiger partial charge in [-0.05, 0) is 30.7 Å². The van der Waals surface area contributed by atoms with Gasteiger partial charge >= 0.3 is 0 Å². The standard InChI is InChI=1S/C20H21N9O/c1-2-15-11-19(30)24-20(23-15)14-3-4-16(21-12-14)27-7-9-28(10-8-27)18-6-5-17-25-22-13-29(17)26-18/h3-6,11-13H,2,7-10H2,1H3,(H,23,24,30). The van der Waals surface area contributed by atoms with E-state index in [1.54, 1.807) is 17.0 Å². The van der Waals surface area contributed by atoms with Gasteiger partial charge in [-0.15, -0.1) is 15.3 Å². The number of hydrogen-bond donors (Lipinski definition) is 1. The molecule has 1 aliphatic rings. The smallest absolute Gasteiger partial charge is 0.251 e. The van der Waals surface area contributed by atoms with Crippen molar-refractivity contribution in [2.24, 2.45) is 0 Å². The summed E-state index contributed by atoms with van der Waals surface area (Å²) in [6, 6.07) is 9.36. The van der Waals surface area contributed by atoms with Gasteiger partial charge in [0.1, 0.15) is 23.8 Å². The lowest BCUT2D eigenvalue weighted by atomic mass is 10.2. The molecule has 1 aliphatic heterocycles. The second-order valence-electron chi connectivity index (χ2n) is 7.14. The zero-order chi connectivity index (χ0) is 20.5. The average molecular weight is 403 g/mol. The third-order valence-corrected chi connectivity index (χ3v) is 5.25. The molecular formula is C20H21N9O. The molecule has 0 spiro atoms. The number of anilines is 2. The van der Waals surface area contributed by atoms with Gasteiger partial charge in [-0.3, -0.25) is 4.79 Å². The van der Waals surface area contributed by atoms with Gasteiger partial charge < -0.3 is 14.8 Å². The second kappa shape index (κ2) is 7.54. The minimum absolute atomic E-state index is 0.143. The molecule has 4 aromatic rings. The molecule has 10 heteroatoms. The Bertz CT molecular complexity index is 1220. The molecule has 0 bridgehead atoms. The van der Waals surface area contributed by atoms with Gasteiger partial charge in [-0.1, -0.05) is 6.92 Å². The predicted molar refractivity (Wildman–Crippen MR) is 113 cm³/mol. The van der Waals surface area contributed by atoms with E-state index in [-0.39, 0.29) is 5.56 Å². The average Bonchev–Trinajstić information content (AvgIpc) is 3.27. The van der Waals surface area contributed by atoms with E-state index < -0.39 is 0 Å². The summed E-state index contributed by atoms with van der Waals surface area (Å²) in [5.74, 6) is 2.38. The maximum atomic E-state index is 11.8. The maximum absolute atomic E-state index is 11.8. The molecule has 10 nitrogen and oxygen atoms in total. The Morgan fingerprint density at radius 3 is 2.53 bits per heavy atom. The molecule has 0 saturated carbocycles. The van der Waals surface area contributed by atoms with Crippen molar-refractivity contribution in [2.45, 2.75) is 13.3 Å². The van der Waals surface area contributed by atoms with Gasteiger partial charge in [0.15, 0.2) is 5.65 Å². The molecule has 0 radical (unpaired) electrons. The first kappa shape index (κ1) is 18.2. The Morgan fingerprint density at radius 1 is 1.03 bits per heavy atom. The molecule has 5 heterocycles. The SMILES string of the molecule is CCc1cc(=O)[nH]c(-c2ccc(N3CCN(c4ccc5nncn5n4)CC3)nc2)n1. The highest BCUT2D eigenvalue weighted by Crippen LogP contribution is 2.20. The van der Waals surface area contributed by atoms with Crippen LogP contribution in [0, 0.1) is 0 Å². The van der Waals surface area contributed by atoms with E-state index in [1.165, 1.54) is 6.07 Å². The number of piperazine rings is 1. The molecule has 5 rings (SSSR count). The first-order valence-electron chi connectivity index (χ1n) is 9.93. The zero-order valence-electron chi connectivity index (χ0n) is 16.6. The van der Waals surface area contributed by atoms with Crippen LogP contribution in [0.2, 0.25) is 0 Å². The molecule has 4 aromatic heterocycles. The van der Waals surface area contributed by atoms with Gasteiger partial charge in [-0.2, -0.15) is 4.52 Å². The van der Waals surface area contributed by atoms with Gasteiger partial charge in [0, 0.05) is 49.7 Å². The van der Waals surface area contributed by atoms with E-state index in [0.717, 1.165) is 54.7 Å². The van der Waals surface area contributed by atoms with Crippen molar-refractivity contribution in [3.63, 3.8) is 0 Å². The van der Waals surface area contributed by atoms with Crippen LogP contribution in [-0.4, -0.2) is 60.9 Å². The Kier molecular flexibility index (Phi) is 4.58. The van der Waals surface area contributed by atoms with Crippen molar-refractivity contribution in [3.8, 4) is 11.4 Å². The third kappa shape index (κ3) is 3.47. The fraction of sp³-hybridized carbons (Fsp3) is 0.300. The van der Waals surface area contributed by atoms with E-state index in [0.29, 0.717) is 12.2 Å². The number of nitrogens with zero attached hydrogens (tertiary/aromatic N) is 8. The lowest BCUT2D eigenvalue weighted by molar-refractivity contribution is 0.636. The summed E-state index contributed by atoms with van der Waals surface area (Å²) in [4.78, 5) is 28.2. The van der Waals surface area contributed by atoms with Crippen molar-refractivity contribution in [1.82, 2.24) is 34.8 Å². The molecule has 0 atom stereocenters. The van der Waals surface area contributed by atoms with E-state index in [2.05, 4.69) is 40.0 Å². The third-order valence-electron chi connectivity index (χ3n) is 5.25. The predicted octanol–water partition coefficient (Wildman–Crippen LogP) is 1.16. The molecule has 0 aromatic carbocycles. The summed E-state index contributed by atoms with van der Waals surface area (Å²) in [5.41, 5.74) is 2.17. The summed E-state index contributed by atoms with van der Waals surface area (Å²) >= 11 is 0. The van der Waals surface area contributed by atoms with Crippen molar-refractivity contribution < 1.29 is 0 Å². The summed E-state index contributed by atoms with van der Waals surface area (Å²) in [7, 11) is 0. The monoisotopic (exact) mass is 403 g/mol. The number of fused-ring (bicyclic) bond motifs is 1. The first-order chi connectivity index (χ1) is 14.7. The van der Waals surface area contributed by atoms with E-state index >= 15 is 0 Å². The van der Waals surface area contributed by atoms with Gasteiger partial charge in [-0.25, -0.2) is 9.97 Å². The van der Waals surface area contributed by atoms with Gasteiger partial charge in [0.25, 0.3) is 5.56 Å². The van der Waals surface area contributed by atoms with Gasteiger partial charge in [0.05, 0.1) is 0 Å². The van der Waals surface area contributed by atoms with Crippen molar-refractivity contribution in [3.05, 3.63) is 58.9 Å². The maximum Gasteiger partial charge on any atom is 0.251 e. The molecule has 30 heavy (non-hydrogen) atoms. The highest BCUT2D eigenvalue weighted by molar-refractivity contribution is 5.57. The second-order valence-corrected chi connectivity index (χ2v) is 7.14. The highest BCUT2D eigenvalue weighted by Gasteiger charge is 2.20. The minimum atomic E-state index is -0.143. The molecule has 0 aliphatic carbocycles. The van der Waals surface area contributed by atoms with E-state index in [1.807, 2.05) is 31.2 Å². The highest BCUT2D eigenvalue weighted by atomic mass is 16.1. The summed E-state index contributed by atoms with van der Waals surface area (Å²) in [5, 5.41) is 12.4. The van der Waals surface area contributed by atoms with E-state index in [4.69, 9.17) is 0 Å². The van der Waals surface area contributed by atoms with Crippen LogP contribution < -0.4 is 15.4 Å².